The molecule has 2 N–H and O–H groups in total. The van der Waals surface area contributed by atoms with Gasteiger partial charge in [-0.1, -0.05) is 36.4 Å². The number of benzene rings is 2. The summed E-state index contributed by atoms with van der Waals surface area (Å²) in [7, 11) is 0. The van der Waals surface area contributed by atoms with E-state index >= 15 is 0 Å². The molecule has 0 aromatic heterocycles. The second kappa shape index (κ2) is 11.7. The summed E-state index contributed by atoms with van der Waals surface area (Å²) in [6, 6.07) is 14.7. The van der Waals surface area contributed by atoms with E-state index in [0.29, 0.717) is 26.1 Å². The highest BCUT2D eigenvalue weighted by molar-refractivity contribution is 14.0. The van der Waals surface area contributed by atoms with E-state index in [1.807, 2.05) is 11.8 Å². The maximum atomic E-state index is 13.0. The van der Waals surface area contributed by atoms with Gasteiger partial charge < -0.3 is 15.5 Å². The van der Waals surface area contributed by atoms with Gasteiger partial charge in [-0.15, -0.1) is 24.0 Å². The summed E-state index contributed by atoms with van der Waals surface area (Å²) >= 11 is 0. The predicted octanol–water partition coefficient (Wildman–Crippen LogP) is 3.82. The number of carbonyl (C=O) groups excluding carboxylic acids is 1. The molecular formula is C22H28FIN4O. The Hall–Kier alpha value is -2.16. The van der Waals surface area contributed by atoms with Crippen molar-refractivity contribution < 1.29 is 9.18 Å². The summed E-state index contributed by atoms with van der Waals surface area (Å²) < 4.78 is 13.0. The number of hydrogen-bond donors (Lipinski definition) is 2. The van der Waals surface area contributed by atoms with Gasteiger partial charge >= 0.3 is 0 Å². The van der Waals surface area contributed by atoms with Crippen LogP contribution in [-0.4, -0.2) is 29.9 Å². The average molecular weight is 510 g/mol. The number of hydrogen-bond acceptors (Lipinski definition) is 2. The molecule has 5 nitrogen and oxygen atoms in total. The van der Waals surface area contributed by atoms with E-state index in [2.05, 4.69) is 39.9 Å². The molecule has 1 amide bonds. The molecule has 2 aromatic rings. The van der Waals surface area contributed by atoms with Gasteiger partial charge in [-0.25, -0.2) is 9.38 Å². The molecule has 0 aliphatic carbocycles. The number of aliphatic imine (C=N–C) groups is 1. The highest BCUT2D eigenvalue weighted by Crippen LogP contribution is 2.14. The molecule has 0 saturated carbocycles. The Labute approximate surface area is 188 Å². The summed E-state index contributed by atoms with van der Waals surface area (Å²) in [5.74, 6) is 0.729. The van der Waals surface area contributed by atoms with Gasteiger partial charge in [-0.3, -0.25) is 4.79 Å². The van der Waals surface area contributed by atoms with E-state index in [-0.39, 0.29) is 35.7 Å². The van der Waals surface area contributed by atoms with Gasteiger partial charge in [0.2, 0.25) is 5.91 Å². The molecule has 2 aromatic carbocycles. The maximum Gasteiger partial charge on any atom is 0.222 e. The number of amides is 1. The Morgan fingerprint density at radius 1 is 1.03 bits per heavy atom. The van der Waals surface area contributed by atoms with Crippen LogP contribution in [0.25, 0.3) is 0 Å². The third kappa shape index (κ3) is 7.30. The number of likely N-dealkylation sites (tertiary alicyclic amines) is 1. The second-order valence-electron chi connectivity index (χ2n) is 6.91. The van der Waals surface area contributed by atoms with E-state index in [9.17, 15) is 9.18 Å². The molecule has 1 aliphatic rings. The zero-order chi connectivity index (χ0) is 19.8. The summed E-state index contributed by atoms with van der Waals surface area (Å²) in [5.41, 5.74) is 3.25. The lowest BCUT2D eigenvalue weighted by molar-refractivity contribution is -0.128. The van der Waals surface area contributed by atoms with E-state index < -0.39 is 0 Å². The molecule has 0 unspecified atom stereocenters. The first-order valence-electron chi connectivity index (χ1n) is 9.76. The van der Waals surface area contributed by atoms with Crippen molar-refractivity contribution in [1.29, 1.82) is 0 Å². The Morgan fingerprint density at radius 2 is 1.69 bits per heavy atom. The molecule has 0 radical (unpaired) electrons. The van der Waals surface area contributed by atoms with Crippen molar-refractivity contribution in [3.8, 4) is 0 Å². The fourth-order valence-electron chi connectivity index (χ4n) is 3.14. The monoisotopic (exact) mass is 510 g/mol. The van der Waals surface area contributed by atoms with E-state index in [4.69, 9.17) is 0 Å². The zero-order valence-corrected chi connectivity index (χ0v) is 19.0. The van der Waals surface area contributed by atoms with Gasteiger partial charge in [-0.05, 0) is 42.2 Å². The topological polar surface area (TPSA) is 56.7 Å². The number of halogens is 2. The fraction of sp³-hybridized carbons (Fsp3) is 0.364. The van der Waals surface area contributed by atoms with Crippen LogP contribution in [0.1, 0.15) is 36.5 Å². The van der Waals surface area contributed by atoms with Crippen LogP contribution in [0.4, 0.5) is 4.39 Å². The van der Waals surface area contributed by atoms with Crippen molar-refractivity contribution in [1.82, 2.24) is 15.5 Å². The number of guanidine groups is 1. The van der Waals surface area contributed by atoms with Gasteiger partial charge in [0, 0.05) is 32.6 Å². The van der Waals surface area contributed by atoms with Crippen molar-refractivity contribution in [2.24, 2.45) is 4.99 Å². The molecule has 1 heterocycles. The third-order valence-electron chi connectivity index (χ3n) is 4.70. The minimum Gasteiger partial charge on any atom is -0.357 e. The molecule has 156 valence electrons. The normalized spacial score (nSPS) is 13.9. The van der Waals surface area contributed by atoms with E-state index in [0.717, 1.165) is 42.2 Å². The molecule has 0 atom stereocenters. The van der Waals surface area contributed by atoms with Crippen LogP contribution >= 0.6 is 24.0 Å². The molecule has 3 rings (SSSR count). The summed E-state index contributed by atoms with van der Waals surface area (Å²) in [4.78, 5) is 18.2. The zero-order valence-electron chi connectivity index (χ0n) is 16.7. The minimum atomic E-state index is -0.240. The van der Waals surface area contributed by atoms with E-state index in [1.165, 1.54) is 12.1 Å². The molecule has 7 heteroatoms. The van der Waals surface area contributed by atoms with Crippen molar-refractivity contribution in [2.75, 3.05) is 13.1 Å². The van der Waals surface area contributed by atoms with Crippen LogP contribution in [0.2, 0.25) is 0 Å². The first kappa shape index (κ1) is 23.1. The van der Waals surface area contributed by atoms with Gasteiger partial charge in [0.15, 0.2) is 5.96 Å². The fourth-order valence-corrected chi connectivity index (χ4v) is 3.14. The highest BCUT2D eigenvalue weighted by atomic mass is 127. The lowest BCUT2D eigenvalue weighted by Gasteiger charge is -2.16. The van der Waals surface area contributed by atoms with Crippen molar-refractivity contribution >= 4 is 35.8 Å². The largest absolute Gasteiger partial charge is 0.357 e. The SMILES string of the molecule is CCNC(=NCc1ccc(F)cc1)NCc1ccc(CN2CCCC2=O)cc1.I. The predicted molar refractivity (Wildman–Crippen MR) is 125 cm³/mol. The highest BCUT2D eigenvalue weighted by Gasteiger charge is 2.19. The molecule has 29 heavy (non-hydrogen) atoms. The lowest BCUT2D eigenvalue weighted by Crippen LogP contribution is -2.36. The Bertz CT molecular complexity index is 809. The summed E-state index contributed by atoms with van der Waals surface area (Å²) in [5, 5.41) is 6.54. The number of nitrogens with zero attached hydrogens (tertiary/aromatic N) is 2. The minimum absolute atomic E-state index is 0. The van der Waals surface area contributed by atoms with Gasteiger partial charge in [0.25, 0.3) is 0 Å². The lowest BCUT2D eigenvalue weighted by atomic mass is 10.1. The van der Waals surface area contributed by atoms with Gasteiger partial charge in [-0.2, -0.15) is 0 Å². The molecule has 1 saturated heterocycles. The van der Waals surface area contributed by atoms with Crippen LogP contribution < -0.4 is 10.6 Å². The number of rotatable bonds is 7. The van der Waals surface area contributed by atoms with Crippen molar-refractivity contribution in [2.45, 2.75) is 39.4 Å². The third-order valence-corrected chi connectivity index (χ3v) is 4.70. The summed E-state index contributed by atoms with van der Waals surface area (Å²) in [6.07, 6.45) is 1.64. The molecular weight excluding hydrogens is 482 g/mol. The van der Waals surface area contributed by atoms with Crippen molar-refractivity contribution in [3.63, 3.8) is 0 Å². The summed E-state index contributed by atoms with van der Waals surface area (Å²) in [6.45, 7) is 5.46. The standard InChI is InChI=1S/C22H27FN4O.HI/c1-2-24-22(26-15-18-9-11-20(23)12-10-18)25-14-17-5-7-19(8-6-17)16-27-13-3-4-21(27)28;/h5-12H,2-4,13-16H2,1H3,(H2,24,25,26);1H. The van der Waals surface area contributed by atoms with Crippen LogP contribution in [0.3, 0.4) is 0 Å². The Balaban J connectivity index is 0.00000300. The number of carbonyl (C=O) groups is 1. The second-order valence-corrected chi connectivity index (χ2v) is 6.91. The molecule has 0 bridgehead atoms. The molecule has 0 spiro atoms. The molecule has 1 aliphatic heterocycles. The van der Waals surface area contributed by atoms with Crippen LogP contribution in [-0.2, 0) is 24.4 Å². The first-order chi connectivity index (χ1) is 13.6. The van der Waals surface area contributed by atoms with Crippen molar-refractivity contribution in [3.05, 3.63) is 71.0 Å². The number of nitrogens with one attached hydrogen (secondary N) is 2. The van der Waals surface area contributed by atoms with Gasteiger partial charge in [0.1, 0.15) is 5.82 Å². The average Bonchev–Trinajstić information content (AvgIpc) is 3.11. The van der Waals surface area contributed by atoms with Crippen LogP contribution in [0, 0.1) is 5.82 Å². The molecule has 1 fully saturated rings. The first-order valence-corrected chi connectivity index (χ1v) is 9.76. The van der Waals surface area contributed by atoms with Crippen LogP contribution in [0.5, 0.6) is 0 Å². The van der Waals surface area contributed by atoms with Crippen LogP contribution in [0.15, 0.2) is 53.5 Å². The van der Waals surface area contributed by atoms with E-state index in [1.54, 1.807) is 12.1 Å². The Morgan fingerprint density at radius 3 is 2.31 bits per heavy atom. The van der Waals surface area contributed by atoms with Gasteiger partial charge in [0.05, 0.1) is 6.54 Å². The maximum absolute atomic E-state index is 13.0. The smallest absolute Gasteiger partial charge is 0.222 e. The Kier molecular flexibility index (Phi) is 9.37. The quantitative estimate of drug-likeness (QED) is 0.339.